The van der Waals surface area contributed by atoms with Gasteiger partial charge in [-0.05, 0) is 24.6 Å². The zero-order chi connectivity index (χ0) is 16.8. The Balaban J connectivity index is 1.97. The van der Waals surface area contributed by atoms with Gasteiger partial charge >= 0.3 is 0 Å². The topological polar surface area (TPSA) is 60.3 Å². The summed E-state index contributed by atoms with van der Waals surface area (Å²) >= 11 is 0. The second-order valence-corrected chi connectivity index (χ2v) is 5.15. The molecular formula is C17H19FN2O3. The van der Waals surface area contributed by atoms with Crippen LogP contribution in [0.1, 0.15) is 23.7 Å². The van der Waals surface area contributed by atoms with Crippen LogP contribution in [0.4, 0.5) is 4.39 Å². The highest BCUT2D eigenvalue weighted by Gasteiger charge is 2.13. The molecule has 0 saturated heterocycles. The van der Waals surface area contributed by atoms with Gasteiger partial charge in [-0.25, -0.2) is 4.39 Å². The second kappa shape index (κ2) is 7.58. The number of nitrogens with zero attached hydrogens (tertiary/aromatic N) is 1. The third-order valence-corrected chi connectivity index (χ3v) is 3.44. The predicted molar refractivity (Wildman–Crippen MR) is 85.1 cm³/mol. The summed E-state index contributed by atoms with van der Waals surface area (Å²) < 4.78 is 20.5. The minimum absolute atomic E-state index is 0.155. The largest absolute Gasteiger partial charge is 0.486 e. The molecular weight excluding hydrogens is 299 g/mol. The number of hydrogen-bond acceptors (Lipinski definition) is 3. The van der Waals surface area contributed by atoms with Crippen molar-refractivity contribution < 1.29 is 13.9 Å². The highest BCUT2D eigenvalue weighted by Crippen LogP contribution is 2.17. The van der Waals surface area contributed by atoms with E-state index in [-0.39, 0.29) is 35.4 Å². The van der Waals surface area contributed by atoms with Gasteiger partial charge in [0.2, 0.25) is 0 Å². The Labute approximate surface area is 133 Å². The van der Waals surface area contributed by atoms with Crippen LogP contribution < -0.4 is 15.6 Å². The molecule has 1 N–H and O–H groups in total. The summed E-state index contributed by atoms with van der Waals surface area (Å²) in [4.78, 5) is 23.6. The minimum atomic E-state index is -0.441. The Hall–Kier alpha value is -2.63. The number of amides is 1. The van der Waals surface area contributed by atoms with Crippen LogP contribution in [-0.2, 0) is 7.05 Å². The molecule has 122 valence electrons. The Morgan fingerprint density at radius 1 is 1.35 bits per heavy atom. The SMILES string of the molecule is CC[C@H](CNC(=O)c1ccn(C)c(=O)c1)Oc1ccccc1F. The summed E-state index contributed by atoms with van der Waals surface area (Å²) in [7, 11) is 1.61. The van der Waals surface area contributed by atoms with Crippen LogP contribution in [0, 0.1) is 5.82 Å². The number of carbonyl (C=O) groups excluding carboxylic acids is 1. The zero-order valence-corrected chi connectivity index (χ0v) is 13.1. The molecule has 0 saturated carbocycles. The van der Waals surface area contributed by atoms with Crippen molar-refractivity contribution in [2.75, 3.05) is 6.54 Å². The van der Waals surface area contributed by atoms with Gasteiger partial charge in [-0.15, -0.1) is 0 Å². The number of para-hydroxylation sites is 1. The number of carbonyl (C=O) groups is 1. The van der Waals surface area contributed by atoms with Crippen molar-refractivity contribution in [1.82, 2.24) is 9.88 Å². The van der Waals surface area contributed by atoms with Crippen LogP contribution in [0.3, 0.4) is 0 Å². The van der Waals surface area contributed by atoms with Crippen LogP contribution in [0.5, 0.6) is 5.75 Å². The average molecular weight is 318 g/mol. The molecule has 0 bridgehead atoms. The lowest BCUT2D eigenvalue weighted by molar-refractivity contribution is 0.0924. The quantitative estimate of drug-likeness (QED) is 0.887. The van der Waals surface area contributed by atoms with Crippen LogP contribution in [0.2, 0.25) is 0 Å². The van der Waals surface area contributed by atoms with Crippen LogP contribution in [0.25, 0.3) is 0 Å². The maximum Gasteiger partial charge on any atom is 0.251 e. The summed E-state index contributed by atoms with van der Waals surface area (Å²) in [6, 6.07) is 8.97. The predicted octanol–water partition coefficient (Wildman–Crippen LogP) is 2.11. The van der Waals surface area contributed by atoms with Crippen LogP contribution in [-0.4, -0.2) is 23.1 Å². The van der Waals surface area contributed by atoms with Gasteiger partial charge in [-0.2, -0.15) is 0 Å². The summed E-state index contributed by atoms with van der Waals surface area (Å²) in [6.45, 7) is 2.11. The Morgan fingerprint density at radius 2 is 2.09 bits per heavy atom. The Bertz CT molecular complexity index is 743. The molecule has 1 aromatic heterocycles. The van der Waals surface area contributed by atoms with E-state index in [4.69, 9.17) is 4.74 Å². The van der Waals surface area contributed by atoms with Gasteiger partial charge in [-0.3, -0.25) is 9.59 Å². The normalized spacial score (nSPS) is 11.8. The fourth-order valence-electron chi connectivity index (χ4n) is 1.99. The van der Waals surface area contributed by atoms with Crippen molar-refractivity contribution in [1.29, 1.82) is 0 Å². The van der Waals surface area contributed by atoms with Gasteiger partial charge in [-0.1, -0.05) is 19.1 Å². The smallest absolute Gasteiger partial charge is 0.251 e. The number of rotatable bonds is 6. The number of ether oxygens (including phenoxy) is 1. The van der Waals surface area contributed by atoms with Gasteiger partial charge in [0.25, 0.3) is 11.5 Å². The molecule has 0 unspecified atom stereocenters. The maximum atomic E-state index is 13.6. The number of aromatic nitrogens is 1. The van der Waals surface area contributed by atoms with Gasteiger partial charge in [0.1, 0.15) is 6.10 Å². The molecule has 0 spiro atoms. The number of nitrogens with one attached hydrogen (secondary N) is 1. The van der Waals surface area contributed by atoms with Crippen molar-refractivity contribution >= 4 is 5.91 Å². The van der Waals surface area contributed by atoms with Gasteiger partial charge in [0.15, 0.2) is 11.6 Å². The molecule has 0 fully saturated rings. The summed E-state index contributed by atoms with van der Waals surface area (Å²) in [5, 5.41) is 2.70. The van der Waals surface area contributed by atoms with Crippen LogP contribution in [0.15, 0.2) is 47.4 Å². The molecule has 1 atom stereocenters. The van der Waals surface area contributed by atoms with E-state index in [1.807, 2.05) is 6.92 Å². The maximum absolute atomic E-state index is 13.6. The van der Waals surface area contributed by atoms with E-state index < -0.39 is 5.82 Å². The molecule has 2 rings (SSSR count). The highest BCUT2D eigenvalue weighted by molar-refractivity contribution is 5.93. The van der Waals surface area contributed by atoms with Gasteiger partial charge < -0.3 is 14.6 Å². The van der Waals surface area contributed by atoms with Crippen molar-refractivity contribution in [2.24, 2.45) is 7.05 Å². The molecule has 0 aliphatic heterocycles. The standard InChI is InChI=1S/C17H19FN2O3/c1-3-13(23-15-7-5-4-6-14(15)18)11-19-17(22)12-8-9-20(2)16(21)10-12/h4-10,13H,3,11H2,1-2H3,(H,19,22)/t13-/m1/s1. The Morgan fingerprint density at radius 3 is 2.74 bits per heavy atom. The van der Waals surface area contributed by atoms with Crippen molar-refractivity contribution in [3.8, 4) is 5.75 Å². The first-order chi connectivity index (χ1) is 11.0. The van der Waals surface area contributed by atoms with E-state index in [0.717, 1.165) is 0 Å². The van der Waals surface area contributed by atoms with E-state index >= 15 is 0 Å². The number of aryl methyl sites for hydroxylation is 1. The third kappa shape index (κ3) is 4.42. The average Bonchev–Trinajstić information content (AvgIpc) is 2.55. The monoisotopic (exact) mass is 318 g/mol. The van der Waals surface area contributed by atoms with E-state index in [1.165, 1.54) is 22.9 Å². The molecule has 6 heteroatoms. The number of benzene rings is 1. The number of halogens is 1. The molecule has 1 aromatic carbocycles. The number of pyridine rings is 1. The summed E-state index contributed by atoms with van der Waals surface area (Å²) in [5.74, 6) is -0.649. The number of hydrogen-bond donors (Lipinski definition) is 1. The fraction of sp³-hybridized carbons (Fsp3) is 0.294. The third-order valence-electron chi connectivity index (χ3n) is 3.44. The lowest BCUT2D eigenvalue weighted by Gasteiger charge is -2.18. The lowest BCUT2D eigenvalue weighted by atomic mass is 10.2. The van der Waals surface area contributed by atoms with Gasteiger partial charge in [0, 0.05) is 24.9 Å². The van der Waals surface area contributed by atoms with E-state index in [2.05, 4.69) is 5.32 Å². The minimum Gasteiger partial charge on any atom is -0.486 e. The molecule has 0 radical (unpaired) electrons. The zero-order valence-electron chi connectivity index (χ0n) is 13.1. The van der Waals surface area contributed by atoms with E-state index in [0.29, 0.717) is 6.42 Å². The molecule has 23 heavy (non-hydrogen) atoms. The van der Waals surface area contributed by atoms with Crippen molar-refractivity contribution in [3.05, 3.63) is 64.3 Å². The Kier molecular flexibility index (Phi) is 5.51. The van der Waals surface area contributed by atoms with Gasteiger partial charge in [0.05, 0.1) is 6.54 Å². The van der Waals surface area contributed by atoms with Crippen molar-refractivity contribution in [2.45, 2.75) is 19.4 Å². The fourth-order valence-corrected chi connectivity index (χ4v) is 1.99. The van der Waals surface area contributed by atoms with E-state index in [9.17, 15) is 14.0 Å². The molecule has 5 nitrogen and oxygen atoms in total. The summed E-state index contributed by atoms with van der Waals surface area (Å²) in [5.41, 5.74) is 0.0288. The molecule has 0 aliphatic carbocycles. The molecule has 1 amide bonds. The van der Waals surface area contributed by atoms with E-state index in [1.54, 1.807) is 31.3 Å². The van der Waals surface area contributed by atoms with Crippen LogP contribution >= 0.6 is 0 Å². The first-order valence-corrected chi connectivity index (χ1v) is 7.37. The second-order valence-electron chi connectivity index (χ2n) is 5.15. The summed E-state index contributed by atoms with van der Waals surface area (Å²) in [6.07, 6.45) is 1.78. The molecule has 2 aromatic rings. The first kappa shape index (κ1) is 16.7. The molecule has 0 aliphatic rings. The van der Waals surface area contributed by atoms with Crippen molar-refractivity contribution in [3.63, 3.8) is 0 Å². The lowest BCUT2D eigenvalue weighted by Crippen LogP contribution is -2.35. The molecule has 1 heterocycles. The first-order valence-electron chi connectivity index (χ1n) is 7.37. The highest BCUT2D eigenvalue weighted by atomic mass is 19.1.